The molecule has 0 saturated heterocycles. The van der Waals surface area contributed by atoms with Gasteiger partial charge in [-0.25, -0.2) is 0 Å². The van der Waals surface area contributed by atoms with E-state index in [2.05, 4.69) is 65.1 Å². The number of aryl methyl sites for hydroxylation is 4. The molecule has 0 aliphatic carbocycles. The molecule has 6 heteroatoms. The van der Waals surface area contributed by atoms with Crippen molar-refractivity contribution in [1.82, 2.24) is 14.8 Å². The maximum Gasteiger partial charge on any atom is 0.158 e. The van der Waals surface area contributed by atoms with Gasteiger partial charge < -0.3 is 19.4 Å². The molecule has 2 aromatic carbocycles. The Kier molecular flexibility index (Phi) is 6.04. The van der Waals surface area contributed by atoms with E-state index < -0.39 is 0 Å². The van der Waals surface area contributed by atoms with Gasteiger partial charge in [-0.1, -0.05) is 29.8 Å². The van der Waals surface area contributed by atoms with E-state index in [1.54, 1.807) is 7.11 Å². The van der Waals surface area contributed by atoms with Gasteiger partial charge in [-0.3, -0.25) is 0 Å². The maximum atomic E-state index is 5.72. The Balaban J connectivity index is 1.82. The zero-order valence-electron chi connectivity index (χ0n) is 19.6. The highest BCUT2D eigenvalue weighted by atomic mass is 16.5. The fraction of sp³-hybridized carbons (Fsp3) is 0.308. The first kappa shape index (κ1) is 21.7. The average Bonchev–Trinajstić information content (AvgIpc) is 3.05. The van der Waals surface area contributed by atoms with Crippen molar-refractivity contribution in [2.75, 3.05) is 19.0 Å². The van der Waals surface area contributed by atoms with Crippen molar-refractivity contribution in [2.24, 2.45) is 0 Å². The minimum atomic E-state index is 0.612. The molecule has 0 spiro atoms. The van der Waals surface area contributed by atoms with Gasteiger partial charge in [0, 0.05) is 34.8 Å². The summed E-state index contributed by atoms with van der Waals surface area (Å²) in [5.74, 6) is 2.34. The van der Waals surface area contributed by atoms with Gasteiger partial charge in [-0.05, 0) is 52.3 Å². The monoisotopic (exact) mass is 430 g/mol. The van der Waals surface area contributed by atoms with E-state index in [0.717, 1.165) is 50.9 Å². The van der Waals surface area contributed by atoms with Crippen LogP contribution in [0.1, 0.15) is 35.1 Å². The Morgan fingerprint density at radius 1 is 0.938 bits per heavy atom. The van der Waals surface area contributed by atoms with E-state index in [-0.39, 0.29) is 0 Å². The zero-order valence-corrected chi connectivity index (χ0v) is 19.6. The largest absolute Gasteiger partial charge is 0.494 e. The van der Waals surface area contributed by atoms with Crippen molar-refractivity contribution in [2.45, 2.75) is 41.2 Å². The van der Waals surface area contributed by atoms with Gasteiger partial charge in [-0.15, -0.1) is 5.10 Å². The summed E-state index contributed by atoms with van der Waals surface area (Å²) in [5.41, 5.74) is 6.51. The van der Waals surface area contributed by atoms with Gasteiger partial charge in [0.25, 0.3) is 0 Å². The number of benzene rings is 2. The molecule has 6 nitrogen and oxygen atoms in total. The summed E-state index contributed by atoms with van der Waals surface area (Å²) in [6.45, 7) is 11.6. The van der Waals surface area contributed by atoms with E-state index in [4.69, 9.17) is 9.47 Å². The van der Waals surface area contributed by atoms with Gasteiger partial charge in [-0.2, -0.15) is 5.10 Å². The summed E-state index contributed by atoms with van der Waals surface area (Å²) in [7, 11) is 1.69. The second-order valence-electron chi connectivity index (χ2n) is 8.00. The van der Waals surface area contributed by atoms with Crippen LogP contribution in [0.5, 0.6) is 11.5 Å². The minimum Gasteiger partial charge on any atom is -0.494 e. The Morgan fingerprint density at radius 3 is 2.44 bits per heavy atom. The number of methoxy groups -OCH3 is 1. The topological polar surface area (TPSA) is 61.2 Å². The summed E-state index contributed by atoms with van der Waals surface area (Å²) < 4.78 is 13.6. The van der Waals surface area contributed by atoms with Crippen molar-refractivity contribution >= 4 is 16.6 Å². The third-order valence-electron chi connectivity index (χ3n) is 5.79. The lowest BCUT2D eigenvalue weighted by molar-refractivity contribution is 0.336. The second-order valence-corrected chi connectivity index (χ2v) is 8.00. The SMILES string of the molecule is CCOc1ccc(-n2c(C)c3c(C)nnc(NCc4cccc(C)c4)c3c2C)c(OC)c1. The summed E-state index contributed by atoms with van der Waals surface area (Å²) in [6.07, 6.45) is 0. The van der Waals surface area contributed by atoms with Crippen LogP contribution in [-0.4, -0.2) is 28.5 Å². The molecule has 2 aromatic heterocycles. The molecule has 0 amide bonds. The number of nitrogens with one attached hydrogen (secondary N) is 1. The van der Waals surface area contributed by atoms with Crippen LogP contribution in [0.25, 0.3) is 16.5 Å². The van der Waals surface area contributed by atoms with Crippen molar-refractivity contribution in [3.63, 3.8) is 0 Å². The fourth-order valence-electron chi connectivity index (χ4n) is 4.39. The number of hydrogen-bond donors (Lipinski definition) is 1. The van der Waals surface area contributed by atoms with Crippen molar-refractivity contribution < 1.29 is 9.47 Å². The van der Waals surface area contributed by atoms with Gasteiger partial charge in [0.05, 0.1) is 25.1 Å². The van der Waals surface area contributed by atoms with E-state index in [9.17, 15) is 0 Å². The fourth-order valence-corrected chi connectivity index (χ4v) is 4.39. The summed E-state index contributed by atoms with van der Waals surface area (Å²) in [6, 6.07) is 14.4. The van der Waals surface area contributed by atoms with Crippen molar-refractivity contribution in [1.29, 1.82) is 0 Å². The van der Waals surface area contributed by atoms with Crippen LogP contribution in [0.3, 0.4) is 0 Å². The first-order chi connectivity index (χ1) is 15.4. The molecule has 4 rings (SSSR count). The normalized spacial score (nSPS) is 11.1. The lowest BCUT2D eigenvalue weighted by Gasteiger charge is -2.15. The minimum absolute atomic E-state index is 0.612. The maximum absolute atomic E-state index is 5.72. The molecule has 0 atom stereocenters. The van der Waals surface area contributed by atoms with E-state index in [1.807, 2.05) is 32.0 Å². The third-order valence-corrected chi connectivity index (χ3v) is 5.79. The molecule has 166 valence electrons. The Hall–Kier alpha value is -3.54. The molecule has 32 heavy (non-hydrogen) atoms. The quantitative estimate of drug-likeness (QED) is 0.409. The van der Waals surface area contributed by atoms with Gasteiger partial charge in [0.15, 0.2) is 5.82 Å². The summed E-state index contributed by atoms with van der Waals surface area (Å²) in [5, 5.41) is 14.7. The third kappa shape index (κ3) is 3.88. The smallest absolute Gasteiger partial charge is 0.158 e. The van der Waals surface area contributed by atoms with Crippen LogP contribution in [0.2, 0.25) is 0 Å². The molecule has 2 heterocycles. The molecule has 0 unspecified atom stereocenters. The highest BCUT2D eigenvalue weighted by molar-refractivity contribution is 5.98. The predicted octanol–water partition coefficient (Wildman–Crippen LogP) is 5.67. The molecular formula is C26H30N4O2. The lowest BCUT2D eigenvalue weighted by Crippen LogP contribution is -2.04. The lowest BCUT2D eigenvalue weighted by atomic mass is 10.1. The second kappa shape index (κ2) is 8.91. The van der Waals surface area contributed by atoms with E-state index >= 15 is 0 Å². The number of aromatic nitrogens is 3. The Bertz CT molecular complexity index is 1280. The highest BCUT2D eigenvalue weighted by Crippen LogP contribution is 2.37. The number of rotatable bonds is 7. The van der Waals surface area contributed by atoms with Crippen molar-refractivity contribution in [3.05, 3.63) is 70.7 Å². The van der Waals surface area contributed by atoms with Crippen LogP contribution in [0, 0.1) is 27.7 Å². The summed E-state index contributed by atoms with van der Waals surface area (Å²) in [4.78, 5) is 0. The number of fused-ring (bicyclic) bond motifs is 1. The molecular weight excluding hydrogens is 400 g/mol. The van der Waals surface area contributed by atoms with Crippen LogP contribution < -0.4 is 14.8 Å². The van der Waals surface area contributed by atoms with Crippen LogP contribution >= 0.6 is 0 Å². The Labute approximate surface area is 189 Å². The first-order valence-electron chi connectivity index (χ1n) is 10.9. The molecule has 0 bridgehead atoms. The van der Waals surface area contributed by atoms with Gasteiger partial charge in [0.1, 0.15) is 11.5 Å². The number of hydrogen-bond acceptors (Lipinski definition) is 5. The molecule has 0 aliphatic heterocycles. The zero-order chi connectivity index (χ0) is 22.8. The highest BCUT2D eigenvalue weighted by Gasteiger charge is 2.21. The molecule has 0 aliphatic rings. The van der Waals surface area contributed by atoms with Gasteiger partial charge >= 0.3 is 0 Å². The first-order valence-corrected chi connectivity index (χ1v) is 10.9. The van der Waals surface area contributed by atoms with E-state index in [0.29, 0.717) is 13.2 Å². The molecule has 4 aromatic rings. The number of nitrogens with zero attached hydrogens (tertiary/aromatic N) is 3. The predicted molar refractivity (Wildman–Crippen MR) is 129 cm³/mol. The molecule has 0 radical (unpaired) electrons. The summed E-state index contributed by atoms with van der Waals surface area (Å²) >= 11 is 0. The number of anilines is 1. The van der Waals surface area contributed by atoms with E-state index in [1.165, 1.54) is 11.1 Å². The molecule has 0 fully saturated rings. The molecule has 0 saturated carbocycles. The van der Waals surface area contributed by atoms with Crippen LogP contribution in [-0.2, 0) is 6.54 Å². The standard InChI is InChI=1S/C26H30N4O2/c1-7-32-21-11-12-22(23(14-21)31-6)30-18(4)24-17(3)28-29-26(25(24)19(30)5)27-15-20-10-8-9-16(2)13-20/h8-14H,7,15H2,1-6H3,(H,27,29). The van der Waals surface area contributed by atoms with Crippen LogP contribution in [0.4, 0.5) is 5.82 Å². The van der Waals surface area contributed by atoms with Crippen molar-refractivity contribution in [3.8, 4) is 17.2 Å². The van der Waals surface area contributed by atoms with Gasteiger partial charge in [0.2, 0.25) is 0 Å². The number of ether oxygens (including phenoxy) is 2. The Morgan fingerprint density at radius 2 is 1.72 bits per heavy atom. The van der Waals surface area contributed by atoms with Crippen LogP contribution in [0.15, 0.2) is 42.5 Å². The average molecular weight is 431 g/mol. The molecule has 1 N–H and O–H groups in total.